The maximum atomic E-state index is 11.5. The third-order valence-corrected chi connectivity index (χ3v) is 1.64. The van der Waals surface area contributed by atoms with Crippen molar-refractivity contribution < 1.29 is 4.79 Å². The Morgan fingerprint density at radius 3 is 2.54 bits per heavy atom. The summed E-state index contributed by atoms with van der Waals surface area (Å²) in [6.45, 7) is 5.64. The number of anilines is 1. The minimum atomic E-state index is -0.357. The molecule has 0 unspecified atom stereocenters. The van der Waals surface area contributed by atoms with E-state index in [4.69, 9.17) is 0 Å². The second kappa shape index (κ2) is 3.60. The van der Waals surface area contributed by atoms with Crippen LogP contribution in [-0.2, 0) is 4.79 Å². The molecule has 0 bridgehead atoms. The highest BCUT2D eigenvalue weighted by atomic mass is 16.2. The van der Waals surface area contributed by atoms with Crippen LogP contribution in [0.25, 0.3) is 0 Å². The van der Waals surface area contributed by atoms with E-state index in [1.54, 1.807) is 6.07 Å². The molecule has 1 N–H and O–H groups in total. The molecule has 2 nitrogen and oxygen atoms in total. The third-order valence-electron chi connectivity index (χ3n) is 1.64. The van der Waals surface area contributed by atoms with Crippen LogP contribution in [-0.4, -0.2) is 5.91 Å². The molecule has 1 radical (unpaired) electrons. The van der Waals surface area contributed by atoms with Gasteiger partial charge < -0.3 is 5.32 Å². The van der Waals surface area contributed by atoms with E-state index >= 15 is 0 Å². The van der Waals surface area contributed by atoms with Crippen LogP contribution in [0, 0.1) is 11.5 Å². The molecule has 13 heavy (non-hydrogen) atoms. The zero-order valence-corrected chi connectivity index (χ0v) is 8.22. The van der Waals surface area contributed by atoms with Crippen LogP contribution in [0.15, 0.2) is 24.3 Å². The molecule has 69 valence electrons. The molecule has 0 atom stereocenters. The van der Waals surface area contributed by atoms with Crippen molar-refractivity contribution in [3.63, 3.8) is 0 Å². The van der Waals surface area contributed by atoms with Gasteiger partial charge in [0.25, 0.3) is 0 Å². The fourth-order valence-electron chi connectivity index (χ4n) is 0.781. The first-order valence-corrected chi connectivity index (χ1v) is 4.28. The second-order valence-corrected chi connectivity index (χ2v) is 3.98. The fourth-order valence-corrected chi connectivity index (χ4v) is 0.781. The van der Waals surface area contributed by atoms with Crippen molar-refractivity contribution in [3.8, 4) is 0 Å². The predicted octanol–water partition coefficient (Wildman–Crippen LogP) is 2.47. The lowest BCUT2D eigenvalue weighted by atomic mass is 9.95. The van der Waals surface area contributed by atoms with E-state index in [-0.39, 0.29) is 11.3 Å². The normalized spacial score (nSPS) is 11.0. The molecule has 0 aromatic heterocycles. The van der Waals surface area contributed by atoms with Crippen LogP contribution in [0.5, 0.6) is 0 Å². The number of carbonyl (C=O) groups excluding carboxylic acids is 1. The standard InChI is InChI=1S/C11H14NO/c1-11(2,3)10(13)12-9-7-5-4-6-8-9/h4-7H,1-3H3,(H,12,13). The summed E-state index contributed by atoms with van der Waals surface area (Å²) in [6, 6.07) is 10.3. The largest absolute Gasteiger partial charge is 0.325 e. The van der Waals surface area contributed by atoms with E-state index in [0.29, 0.717) is 0 Å². The first-order chi connectivity index (χ1) is 6.00. The number of rotatable bonds is 1. The molecule has 0 saturated heterocycles. The van der Waals surface area contributed by atoms with Crippen molar-refractivity contribution in [3.05, 3.63) is 30.3 Å². The molecule has 0 fully saturated rings. The summed E-state index contributed by atoms with van der Waals surface area (Å²) in [7, 11) is 0. The monoisotopic (exact) mass is 176 g/mol. The summed E-state index contributed by atoms with van der Waals surface area (Å²) in [4.78, 5) is 11.5. The number of hydrogen-bond acceptors (Lipinski definition) is 1. The molecule has 0 aliphatic rings. The van der Waals surface area contributed by atoms with E-state index < -0.39 is 0 Å². The van der Waals surface area contributed by atoms with E-state index in [1.165, 1.54) is 0 Å². The highest BCUT2D eigenvalue weighted by Gasteiger charge is 2.20. The third kappa shape index (κ3) is 2.90. The summed E-state index contributed by atoms with van der Waals surface area (Å²) in [5, 5.41) is 2.79. The molecule has 0 aliphatic heterocycles. The maximum Gasteiger partial charge on any atom is 0.229 e. The average molecular weight is 176 g/mol. The highest BCUT2D eigenvalue weighted by molar-refractivity contribution is 5.94. The molecule has 1 rings (SSSR count). The van der Waals surface area contributed by atoms with Gasteiger partial charge in [0.2, 0.25) is 5.91 Å². The van der Waals surface area contributed by atoms with Crippen molar-refractivity contribution in [1.29, 1.82) is 0 Å². The lowest BCUT2D eigenvalue weighted by molar-refractivity contribution is -0.123. The molecule has 0 aliphatic carbocycles. The maximum absolute atomic E-state index is 11.5. The Hall–Kier alpha value is -1.31. The number of nitrogens with one attached hydrogen (secondary N) is 1. The van der Waals surface area contributed by atoms with Crippen molar-refractivity contribution >= 4 is 11.6 Å². The summed E-state index contributed by atoms with van der Waals surface area (Å²) in [6.07, 6.45) is 0. The Labute approximate surface area is 79.0 Å². The number of carbonyl (C=O) groups is 1. The first kappa shape index (κ1) is 9.78. The van der Waals surface area contributed by atoms with Gasteiger partial charge in [-0.1, -0.05) is 39.0 Å². The van der Waals surface area contributed by atoms with Crippen LogP contribution in [0.3, 0.4) is 0 Å². The lowest BCUT2D eigenvalue weighted by Crippen LogP contribution is -2.27. The molecule has 1 aromatic carbocycles. The second-order valence-electron chi connectivity index (χ2n) is 3.98. The fraction of sp³-hybridized carbons (Fsp3) is 0.364. The lowest BCUT2D eigenvalue weighted by Gasteiger charge is -2.17. The van der Waals surface area contributed by atoms with Crippen LogP contribution >= 0.6 is 0 Å². The quantitative estimate of drug-likeness (QED) is 0.699. The molecule has 0 spiro atoms. The highest BCUT2D eigenvalue weighted by Crippen LogP contribution is 2.16. The molecule has 1 aromatic rings. The minimum absolute atomic E-state index is 0.00921. The summed E-state index contributed by atoms with van der Waals surface area (Å²) in [5.74, 6) is 0.00921. The molecular formula is C11H14NO. The summed E-state index contributed by atoms with van der Waals surface area (Å²) >= 11 is 0. The number of benzene rings is 1. The van der Waals surface area contributed by atoms with Crippen molar-refractivity contribution in [2.45, 2.75) is 20.8 Å². The Morgan fingerprint density at radius 1 is 1.38 bits per heavy atom. The number of para-hydroxylation sites is 1. The van der Waals surface area contributed by atoms with E-state index in [2.05, 4.69) is 11.4 Å². The zero-order valence-electron chi connectivity index (χ0n) is 8.22. The Morgan fingerprint density at radius 2 is 2.08 bits per heavy atom. The molecular weight excluding hydrogens is 162 g/mol. The predicted molar refractivity (Wildman–Crippen MR) is 53.4 cm³/mol. The van der Waals surface area contributed by atoms with Crippen LogP contribution in [0.4, 0.5) is 5.69 Å². The van der Waals surface area contributed by atoms with Crippen LogP contribution in [0.2, 0.25) is 0 Å². The van der Waals surface area contributed by atoms with Gasteiger partial charge in [-0.3, -0.25) is 4.79 Å². The van der Waals surface area contributed by atoms with Gasteiger partial charge in [0.1, 0.15) is 0 Å². The van der Waals surface area contributed by atoms with Gasteiger partial charge in [-0.2, -0.15) is 0 Å². The van der Waals surface area contributed by atoms with Crippen molar-refractivity contribution in [2.75, 3.05) is 5.32 Å². The molecule has 0 heterocycles. The zero-order chi connectivity index (χ0) is 9.90. The average Bonchev–Trinajstić information content (AvgIpc) is 2.04. The van der Waals surface area contributed by atoms with E-state index in [9.17, 15) is 4.79 Å². The first-order valence-electron chi connectivity index (χ1n) is 4.28. The van der Waals surface area contributed by atoms with Crippen molar-refractivity contribution in [2.24, 2.45) is 5.41 Å². The van der Waals surface area contributed by atoms with E-state index in [1.807, 2.05) is 39.0 Å². The van der Waals surface area contributed by atoms with Gasteiger partial charge in [-0.15, -0.1) is 0 Å². The van der Waals surface area contributed by atoms with Gasteiger partial charge in [0, 0.05) is 17.2 Å². The number of amides is 1. The molecule has 0 saturated carbocycles. The Kier molecular flexibility index (Phi) is 2.71. The topological polar surface area (TPSA) is 29.1 Å². The van der Waals surface area contributed by atoms with Crippen molar-refractivity contribution in [1.82, 2.24) is 0 Å². The van der Waals surface area contributed by atoms with Gasteiger partial charge in [-0.05, 0) is 6.07 Å². The Bertz CT molecular complexity index is 285. The van der Waals surface area contributed by atoms with Crippen LogP contribution < -0.4 is 5.32 Å². The van der Waals surface area contributed by atoms with Gasteiger partial charge in [-0.25, -0.2) is 0 Å². The smallest absolute Gasteiger partial charge is 0.229 e. The summed E-state index contributed by atoms with van der Waals surface area (Å²) < 4.78 is 0. The SMILES string of the molecule is CC(C)(C)C(=O)Nc1[c]cccc1. The van der Waals surface area contributed by atoms with E-state index in [0.717, 1.165) is 5.69 Å². The minimum Gasteiger partial charge on any atom is -0.325 e. The van der Waals surface area contributed by atoms with Gasteiger partial charge in [0.15, 0.2) is 0 Å². The van der Waals surface area contributed by atoms with Gasteiger partial charge >= 0.3 is 0 Å². The Balaban J connectivity index is 2.66. The van der Waals surface area contributed by atoms with Crippen LogP contribution in [0.1, 0.15) is 20.8 Å². The molecule has 2 heteroatoms. The molecule has 1 amide bonds. The van der Waals surface area contributed by atoms with Gasteiger partial charge in [0.05, 0.1) is 0 Å². The number of hydrogen-bond donors (Lipinski definition) is 1. The summed E-state index contributed by atoms with van der Waals surface area (Å²) in [5.41, 5.74) is 0.367.